The standard InChI is InChI=1S/C20H21ClN4O/c1-13-8-9-16(10-17(13)21)25-20-11-19(23-14(2)24-20)22-12-15-6-4-5-7-18(15)26-3/h4-11H,12H2,1-3H3,(H2,22,23,24,25). The number of hydrogen-bond acceptors (Lipinski definition) is 5. The van der Waals surface area contributed by atoms with Gasteiger partial charge < -0.3 is 15.4 Å². The summed E-state index contributed by atoms with van der Waals surface area (Å²) in [4.78, 5) is 8.89. The average Bonchev–Trinajstić information content (AvgIpc) is 2.63. The molecule has 0 radical (unpaired) electrons. The van der Waals surface area contributed by atoms with Crippen LogP contribution in [0.5, 0.6) is 5.75 Å². The van der Waals surface area contributed by atoms with E-state index in [0.29, 0.717) is 18.2 Å². The van der Waals surface area contributed by atoms with E-state index in [1.165, 1.54) is 0 Å². The van der Waals surface area contributed by atoms with Crippen molar-refractivity contribution >= 4 is 28.9 Å². The molecule has 1 heterocycles. The normalized spacial score (nSPS) is 10.5. The molecule has 0 amide bonds. The molecule has 2 aromatic carbocycles. The minimum atomic E-state index is 0.607. The van der Waals surface area contributed by atoms with Crippen LogP contribution in [-0.4, -0.2) is 17.1 Å². The molecule has 0 aliphatic heterocycles. The highest BCUT2D eigenvalue weighted by Crippen LogP contribution is 2.24. The second-order valence-corrected chi connectivity index (χ2v) is 6.35. The highest BCUT2D eigenvalue weighted by molar-refractivity contribution is 6.31. The summed E-state index contributed by atoms with van der Waals surface area (Å²) in [5.74, 6) is 2.97. The van der Waals surface area contributed by atoms with Gasteiger partial charge in [-0.25, -0.2) is 9.97 Å². The zero-order valence-electron chi connectivity index (χ0n) is 15.0. The Bertz CT molecular complexity index is 914. The molecule has 134 valence electrons. The molecule has 0 saturated heterocycles. The van der Waals surface area contributed by atoms with E-state index < -0.39 is 0 Å². The van der Waals surface area contributed by atoms with Gasteiger partial charge in [0.2, 0.25) is 0 Å². The molecule has 0 fully saturated rings. The number of anilines is 3. The average molecular weight is 369 g/mol. The lowest BCUT2D eigenvalue weighted by molar-refractivity contribution is 0.410. The van der Waals surface area contributed by atoms with Crippen LogP contribution in [0.25, 0.3) is 0 Å². The Morgan fingerprint density at radius 1 is 1.00 bits per heavy atom. The lowest BCUT2D eigenvalue weighted by Crippen LogP contribution is -2.06. The summed E-state index contributed by atoms with van der Waals surface area (Å²) in [5.41, 5.74) is 2.98. The number of para-hydroxylation sites is 1. The largest absolute Gasteiger partial charge is 0.496 e. The van der Waals surface area contributed by atoms with Crippen molar-refractivity contribution in [2.75, 3.05) is 17.7 Å². The van der Waals surface area contributed by atoms with Gasteiger partial charge in [-0.05, 0) is 37.6 Å². The van der Waals surface area contributed by atoms with Crippen LogP contribution >= 0.6 is 11.6 Å². The Labute approximate surface area is 158 Å². The molecule has 5 nitrogen and oxygen atoms in total. The van der Waals surface area contributed by atoms with E-state index in [4.69, 9.17) is 16.3 Å². The van der Waals surface area contributed by atoms with Crippen LogP contribution in [-0.2, 0) is 6.54 Å². The monoisotopic (exact) mass is 368 g/mol. The van der Waals surface area contributed by atoms with Gasteiger partial charge in [-0.2, -0.15) is 0 Å². The van der Waals surface area contributed by atoms with E-state index in [0.717, 1.165) is 33.4 Å². The maximum absolute atomic E-state index is 6.19. The topological polar surface area (TPSA) is 59.1 Å². The Morgan fingerprint density at radius 3 is 2.54 bits per heavy atom. The quantitative estimate of drug-likeness (QED) is 0.633. The van der Waals surface area contributed by atoms with Gasteiger partial charge in [0.05, 0.1) is 7.11 Å². The molecule has 26 heavy (non-hydrogen) atoms. The van der Waals surface area contributed by atoms with Crippen LogP contribution in [0.4, 0.5) is 17.3 Å². The molecule has 3 aromatic rings. The maximum Gasteiger partial charge on any atom is 0.136 e. The van der Waals surface area contributed by atoms with Crippen LogP contribution in [0.3, 0.4) is 0 Å². The van der Waals surface area contributed by atoms with Crippen LogP contribution < -0.4 is 15.4 Å². The second-order valence-electron chi connectivity index (χ2n) is 5.94. The first kappa shape index (κ1) is 18.0. The Kier molecular flexibility index (Phi) is 5.58. The third-order valence-electron chi connectivity index (χ3n) is 3.93. The van der Waals surface area contributed by atoms with Crippen molar-refractivity contribution < 1.29 is 4.74 Å². The smallest absolute Gasteiger partial charge is 0.136 e. The zero-order valence-corrected chi connectivity index (χ0v) is 15.8. The molecule has 0 unspecified atom stereocenters. The van der Waals surface area contributed by atoms with Crippen LogP contribution in [0, 0.1) is 13.8 Å². The molecular weight excluding hydrogens is 348 g/mol. The molecule has 0 bridgehead atoms. The highest BCUT2D eigenvalue weighted by atomic mass is 35.5. The first-order valence-corrected chi connectivity index (χ1v) is 8.67. The lowest BCUT2D eigenvalue weighted by atomic mass is 10.2. The molecule has 6 heteroatoms. The van der Waals surface area contributed by atoms with Crippen molar-refractivity contribution in [2.45, 2.75) is 20.4 Å². The minimum absolute atomic E-state index is 0.607. The van der Waals surface area contributed by atoms with Crippen molar-refractivity contribution in [1.29, 1.82) is 0 Å². The number of aromatic nitrogens is 2. The summed E-state index contributed by atoms with van der Waals surface area (Å²) in [6.45, 7) is 4.44. The lowest BCUT2D eigenvalue weighted by Gasteiger charge is -2.12. The van der Waals surface area contributed by atoms with Crippen LogP contribution in [0.15, 0.2) is 48.5 Å². The minimum Gasteiger partial charge on any atom is -0.496 e. The fourth-order valence-electron chi connectivity index (χ4n) is 2.58. The van der Waals surface area contributed by atoms with Crippen molar-refractivity contribution in [3.05, 3.63) is 70.5 Å². The van der Waals surface area contributed by atoms with Crippen molar-refractivity contribution in [3.8, 4) is 5.75 Å². The van der Waals surface area contributed by atoms with E-state index in [2.05, 4.69) is 20.6 Å². The Hall–Kier alpha value is -2.79. The molecular formula is C20H21ClN4O. The third kappa shape index (κ3) is 4.43. The van der Waals surface area contributed by atoms with Crippen LogP contribution in [0.1, 0.15) is 17.0 Å². The van der Waals surface area contributed by atoms with E-state index in [1.54, 1.807) is 7.11 Å². The number of rotatable bonds is 6. The molecule has 0 saturated carbocycles. The number of hydrogen-bond donors (Lipinski definition) is 2. The third-order valence-corrected chi connectivity index (χ3v) is 4.34. The van der Waals surface area contributed by atoms with Gasteiger partial charge in [0.25, 0.3) is 0 Å². The molecule has 3 rings (SSSR count). The number of halogens is 1. The van der Waals surface area contributed by atoms with E-state index in [-0.39, 0.29) is 0 Å². The van der Waals surface area contributed by atoms with Gasteiger partial charge in [-0.15, -0.1) is 0 Å². The first-order chi connectivity index (χ1) is 12.5. The maximum atomic E-state index is 6.19. The zero-order chi connectivity index (χ0) is 18.5. The van der Waals surface area contributed by atoms with Crippen molar-refractivity contribution in [1.82, 2.24) is 9.97 Å². The fourth-order valence-corrected chi connectivity index (χ4v) is 2.76. The van der Waals surface area contributed by atoms with Gasteiger partial charge in [-0.1, -0.05) is 35.9 Å². The summed E-state index contributed by atoms with van der Waals surface area (Å²) < 4.78 is 5.38. The molecule has 0 spiro atoms. The van der Waals surface area contributed by atoms with E-state index in [1.807, 2.05) is 62.4 Å². The van der Waals surface area contributed by atoms with Gasteiger partial charge >= 0.3 is 0 Å². The Morgan fingerprint density at radius 2 is 1.77 bits per heavy atom. The molecule has 2 N–H and O–H groups in total. The number of aryl methyl sites for hydroxylation is 2. The summed E-state index contributed by atoms with van der Waals surface area (Å²) in [7, 11) is 1.67. The SMILES string of the molecule is COc1ccccc1CNc1cc(Nc2ccc(C)c(Cl)c2)nc(C)n1. The number of ether oxygens (including phenoxy) is 1. The highest BCUT2D eigenvalue weighted by Gasteiger charge is 2.06. The first-order valence-electron chi connectivity index (χ1n) is 8.30. The Balaban J connectivity index is 1.76. The van der Waals surface area contributed by atoms with Gasteiger partial charge in [0.15, 0.2) is 0 Å². The number of benzene rings is 2. The number of nitrogens with one attached hydrogen (secondary N) is 2. The van der Waals surface area contributed by atoms with Gasteiger partial charge in [0, 0.05) is 28.9 Å². The summed E-state index contributed by atoms with van der Waals surface area (Å²) >= 11 is 6.19. The summed E-state index contributed by atoms with van der Waals surface area (Å²) in [6, 6.07) is 15.6. The number of methoxy groups -OCH3 is 1. The molecule has 0 atom stereocenters. The molecule has 1 aromatic heterocycles. The van der Waals surface area contributed by atoms with Gasteiger partial charge in [0.1, 0.15) is 23.2 Å². The van der Waals surface area contributed by atoms with E-state index in [9.17, 15) is 0 Å². The summed E-state index contributed by atoms with van der Waals surface area (Å²) in [5, 5.41) is 7.32. The van der Waals surface area contributed by atoms with Crippen LogP contribution in [0.2, 0.25) is 5.02 Å². The second kappa shape index (κ2) is 8.06. The molecule has 0 aliphatic rings. The predicted octanol–water partition coefficient (Wildman–Crippen LogP) is 5.11. The fraction of sp³-hybridized carbons (Fsp3) is 0.200. The van der Waals surface area contributed by atoms with Crippen molar-refractivity contribution in [2.24, 2.45) is 0 Å². The van der Waals surface area contributed by atoms with Gasteiger partial charge in [-0.3, -0.25) is 0 Å². The van der Waals surface area contributed by atoms with Crippen molar-refractivity contribution in [3.63, 3.8) is 0 Å². The van der Waals surface area contributed by atoms with E-state index >= 15 is 0 Å². The predicted molar refractivity (Wildman–Crippen MR) is 107 cm³/mol. The molecule has 0 aliphatic carbocycles. The number of nitrogens with zero attached hydrogens (tertiary/aromatic N) is 2. The summed E-state index contributed by atoms with van der Waals surface area (Å²) in [6.07, 6.45) is 0.